The van der Waals surface area contributed by atoms with Crippen LogP contribution in [0.1, 0.15) is 13.8 Å². The number of benzene rings is 1. The third kappa shape index (κ3) is 4.58. The smallest absolute Gasteiger partial charge is 0.308 e. The van der Waals surface area contributed by atoms with E-state index in [1.165, 1.54) is 12.1 Å². The van der Waals surface area contributed by atoms with Gasteiger partial charge in [-0.1, -0.05) is 23.7 Å². The van der Waals surface area contributed by atoms with Gasteiger partial charge in [-0.3, -0.25) is 4.57 Å². The Bertz CT molecular complexity index is 566. The van der Waals surface area contributed by atoms with Crippen LogP contribution >= 0.6 is 19.2 Å². The van der Waals surface area contributed by atoms with Crippen LogP contribution in [0, 0.1) is 4.78 Å². The van der Waals surface area contributed by atoms with Crippen molar-refractivity contribution in [3.8, 4) is 0 Å². The molecule has 0 heterocycles. The Balaban J connectivity index is 3.08. The van der Waals surface area contributed by atoms with E-state index in [9.17, 15) is 8.77 Å². The summed E-state index contributed by atoms with van der Waals surface area (Å²) in [6.45, 7) is 3.64. The van der Waals surface area contributed by atoms with Crippen LogP contribution < -0.4 is 0 Å². The maximum absolute atomic E-state index is 12.4. The molecular formula is C11H17ClNO4PS. The van der Waals surface area contributed by atoms with Crippen molar-refractivity contribution >= 4 is 28.9 Å². The fourth-order valence-corrected chi connectivity index (χ4v) is 6.50. The van der Waals surface area contributed by atoms with Gasteiger partial charge in [0.15, 0.2) is 0 Å². The number of halogens is 1. The van der Waals surface area contributed by atoms with Crippen LogP contribution in [-0.2, 0) is 23.3 Å². The largest absolute Gasteiger partial charge is 0.344 e. The van der Waals surface area contributed by atoms with Gasteiger partial charge in [0.05, 0.1) is 32.9 Å². The first kappa shape index (κ1) is 16.7. The normalized spacial score (nSPS) is 15.1. The number of rotatable bonds is 7. The Labute approximate surface area is 118 Å². The van der Waals surface area contributed by atoms with E-state index >= 15 is 0 Å². The van der Waals surface area contributed by atoms with Gasteiger partial charge in [0.1, 0.15) is 5.49 Å². The molecule has 5 nitrogen and oxygen atoms in total. The van der Waals surface area contributed by atoms with Crippen molar-refractivity contribution in [1.82, 2.24) is 0 Å². The Morgan fingerprint density at radius 2 is 1.79 bits per heavy atom. The van der Waals surface area contributed by atoms with Crippen LogP contribution in [0.2, 0.25) is 5.02 Å². The maximum atomic E-state index is 12.4. The fourth-order valence-electron chi connectivity index (χ4n) is 1.51. The Morgan fingerprint density at radius 3 is 2.26 bits per heavy atom. The van der Waals surface area contributed by atoms with Gasteiger partial charge in [0.25, 0.3) is 0 Å². The van der Waals surface area contributed by atoms with Gasteiger partial charge in [0.2, 0.25) is 0 Å². The highest BCUT2D eigenvalue weighted by atomic mass is 35.5. The van der Waals surface area contributed by atoms with Gasteiger partial charge in [0, 0.05) is 0 Å². The van der Waals surface area contributed by atoms with E-state index in [4.69, 9.17) is 25.4 Å². The van der Waals surface area contributed by atoms with E-state index in [0.29, 0.717) is 0 Å². The summed E-state index contributed by atoms with van der Waals surface area (Å²) in [4.78, 5) is 0.149. The number of hydrogen-bond acceptors (Lipinski definition) is 5. The highest BCUT2D eigenvalue weighted by molar-refractivity contribution is 7.98. The van der Waals surface area contributed by atoms with Crippen molar-refractivity contribution in [2.45, 2.75) is 18.7 Å². The second-order valence-electron chi connectivity index (χ2n) is 3.68. The molecule has 0 bridgehead atoms. The zero-order chi connectivity index (χ0) is 14.5. The summed E-state index contributed by atoms with van der Waals surface area (Å²) in [6, 6.07) is 6.32. The lowest BCUT2D eigenvalue weighted by Gasteiger charge is -2.18. The van der Waals surface area contributed by atoms with Gasteiger partial charge in [-0.15, -0.1) is 0 Å². The average Bonchev–Trinajstić information content (AvgIpc) is 2.28. The molecule has 1 aromatic carbocycles. The summed E-state index contributed by atoms with van der Waals surface area (Å²) >= 11 is 5.92. The molecular weight excluding hydrogens is 309 g/mol. The molecule has 0 aliphatic rings. The van der Waals surface area contributed by atoms with Gasteiger partial charge in [-0.25, -0.2) is 8.99 Å². The summed E-state index contributed by atoms with van der Waals surface area (Å²) in [6.07, 6.45) is 0. The van der Waals surface area contributed by atoms with Gasteiger partial charge < -0.3 is 9.05 Å². The fraction of sp³-hybridized carbons (Fsp3) is 0.455. The zero-order valence-corrected chi connectivity index (χ0v) is 13.3. The summed E-state index contributed by atoms with van der Waals surface area (Å²) in [7, 11) is -6.89. The minimum absolute atomic E-state index is 0.149. The number of nitrogens with one attached hydrogen (secondary N) is 1. The van der Waals surface area contributed by atoms with Crippen LogP contribution in [0.25, 0.3) is 0 Å². The average molecular weight is 326 g/mol. The van der Waals surface area contributed by atoms with E-state index in [2.05, 4.69) is 0 Å². The van der Waals surface area contributed by atoms with Crippen molar-refractivity contribution in [3.63, 3.8) is 0 Å². The van der Waals surface area contributed by atoms with Crippen molar-refractivity contribution in [3.05, 3.63) is 29.3 Å². The molecule has 0 saturated carbocycles. The molecule has 0 saturated heterocycles. The lowest BCUT2D eigenvalue weighted by Crippen LogP contribution is -2.10. The molecule has 0 fully saturated rings. The molecule has 1 atom stereocenters. The monoisotopic (exact) mass is 325 g/mol. The molecule has 0 aliphatic carbocycles. The topological polar surface area (TPSA) is 76.5 Å². The first-order valence-electron chi connectivity index (χ1n) is 5.74. The highest BCUT2D eigenvalue weighted by Crippen LogP contribution is 2.50. The first-order valence-corrected chi connectivity index (χ1v) is 9.57. The molecule has 108 valence electrons. The molecule has 1 aromatic rings. The second kappa shape index (κ2) is 6.86. The quantitative estimate of drug-likeness (QED) is 0.769. The van der Waals surface area contributed by atoms with Gasteiger partial charge in [-0.05, 0) is 26.0 Å². The SMILES string of the molecule is CCOP(=O)(CS(=N)(=O)c1ccccc1Cl)OCC. The first-order chi connectivity index (χ1) is 8.84. The van der Waals surface area contributed by atoms with Crippen molar-refractivity contribution in [2.24, 2.45) is 0 Å². The van der Waals surface area contributed by atoms with Gasteiger partial charge >= 0.3 is 7.60 Å². The van der Waals surface area contributed by atoms with Crippen LogP contribution in [0.15, 0.2) is 29.2 Å². The summed E-state index contributed by atoms with van der Waals surface area (Å²) in [5.41, 5.74) is -0.495. The lowest BCUT2D eigenvalue weighted by molar-refractivity contribution is 0.224. The van der Waals surface area contributed by atoms with Crippen LogP contribution in [0.4, 0.5) is 0 Å². The Kier molecular flexibility index (Phi) is 6.02. The molecule has 19 heavy (non-hydrogen) atoms. The minimum Gasteiger partial charge on any atom is -0.308 e. The summed E-state index contributed by atoms with van der Waals surface area (Å²) in [5.74, 6) is 0. The Hall–Kier alpha value is -0.390. The molecule has 1 unspecified atom stereocenters. The third-order valence-electron chi connectivity index (χ3n) is 2.18. The molecule has 0 radical (unpaired) electrons. The molecule has 1 rings (SSSR count). The zero-order valence-electron chi connectivity index (χ0n) is 10.8. The number of hydrogen-bond donors (Lipinski definition) is 1. The van der Waals surface area contributed by atoms with E-state index in [1.54, 1.807) is 26.0 Å². The predicted octanol–water partition coefficient (Wildman–Crippen LogP) is 3.97. The van der Waals surface area contributed by atoms with Gasteiger partial charge in [-0.2, -0.15) is 0 Å². The molecule has 0 aliphatic heterocycles. The summed E-state index contributed by atoms with van der Waals surface area (Å²) < 4.78 is 42.8. The van der Waals surface area contributed by atoms with Crippen LogP contribution in [0.5, 0.6) is 0 Å². The van der Waals surface area contributed by atoms with Crippen LogP contribution in [-0.4, -0.2) is 22.9 Å². The molecule has 0 amide bonds. The van der Waals surface area contributed by atoms with Crippen molar-refractivity contribution < 1.29 is 17.8 Å². The van der Waals surface area contributed by atoms with E-state index < -0.39 is 22.8 Å². The molecule has 0 aromatic heterocycles. The van der Waals surface area contributed by atoms with E-state index in [1.807, 2.05) is 0 Å². The maximum Gasteiger partial charge on any atom is 0.344 e. The van der Waals surface area contributed by atoms with Crippen LogP contribution in [0.3, 0.4) is 0 Å². The molecule has 0 spiro atoms. The molecule has 8 heteroatoms. The minimum atomic E-state index is -3.55. The van der Waals surface area contributed by atoms with Crippen molar-refractivity contribution in [2.75, 3.05) is 18.7 Å². The highest BCUT2D eigenvalue weighted by Gasteiger charge is 2.31. The second-order valence-corrected chi connectivity index (χ2v) is 8.65. The Morgan fingerprint density at radius 1 is 1.26 bits per heavy atom. The lowest BCUT2D eigenvalue weighted by atomic mass is 10.4. The standard InChI is InChI=1S/C11H17ClNO4PS/c1-3-16-18(14,17-4-2)9-19(13,15)11-8-6-5-7-10(11)12/h5-8,13H,3-4,9H2,1-2H3. The summed E-state index contributed by atoms with van der Waals surface area (Å²) in [5, 5.41) is 0.210. The van der Waals surface area contributed by atoms with E-state index in [-0.39, 0.29) is 23.1 Å². The third-order valence-corrected chi connectivity index (χ3v) is 7.71. The predicted molar refractivity (Wildman–Crippen MR) is 76.3 cm³/mol. The van der Waals surface area contributed by atoms with Crippen molar-refractivity contribution in [1.29, 1.82) is 4.78 Å². The van der Waals surface area contributed by atoms with E-state index in [0.717, 1.165) is 0 Å². The molecule has 1 N–H and O–H groups in total.